The minimum atomic E-state index is -0.711. The maximum Gasteiger partial charge on any atom is 0.350 e. The van der Waals surface area contributed by atoms with Crippen LogP contribution in [-0.4, -0.2) is 5.97 Å². The first-order chi connectivity index (χ1) is 8.56. The lowest BCUT2D eigenvalue weighted by atomic mass is 10.2. The molecule has 0 spiro atoms. The smallest absolute Gasteiger partial charge is 0.350 e. The molecule has 0 unspecified atom stereocenters. The third-order valence-electron chi connectivity index (χ3n) is 2.17. The molecule has 0 radical (unpaired) electrons. The lowest BCUT2D eigenvalue weighted by molar-refractivity contribution is 0.0479. The van der Waals surface area contributed by atoms with Gasteiger partial charge in [0, 0.05) is 6.07 Å². The second kappa shape index (κ2) is 5.14. The Bertz CT molecular complexity index is 563. The molecule has 2 aromatic rings. The number of nitrogen functional groups attached to an aromatic ring is 1. The molecule has 1 aromatic carbocycles. The van der Waals surface area contributed by atoms with Crippen LogP contribution in [0.4, 0.5) is 14.5 Å². The van der Waals surface area contributed by atoms with Crippen molar-refractivity contribution in [3.05, 3.63) is 51.7 Å². The average molecular weight is 269 g/mol. The summed E-state index contributed by atoms with van der Waals surface area (Å²) in [4.78, 5) is 11.9. The summed E-state index contributed by atoms with van der Waals surface area (Å²) in [6, 6.07) is 4.55. The highest BCUT2D eigenvalue weighted by molar-refractivity contribution is 7.12. The number of hydrogen-bond acceptors (Lipinski definition) is 4. The van der Waals surface area contributed by atoms with Crippen LogP contribution in [0, 0.1) is 11.6 Å². The maximum absolute atomic E-state index is 12.9. The van der Waals surface area contributed by atoms with Crippen LogP contribution in [0.3, 0.4) is 0 Å². The van der Waals surface area contributed by atoms with Gasteiger partial charge in [-0.15, -0.1) is 11.3 Å². The number of hydrogen-bond donors (Lipinski definition) is 1. The lowest BCUT2D eigenvalue weighted by Crippen LogP contribution is -2.06. The highest BCUT2D eigenvalue weighted by Gasteiger charge is 2.13. The van der Waals surface area contributed by atoms with Crippen molar-refractivity contribution >= 4 is 23.0 Å². The maximum atomic E-state index is 12.9. The highest BCUT2D eigenvalue weighted by Crippen LogP contribution is 2.20. The number of rotatable bonds is 3. The van der Waals surface area contributed by atoms with Gasteiger partial charge in [-0.05, 0) is 29.1 Å². The Morgan fingerprint density at radius 1 is 1.28 bits per heavy atom. The van der Waals surface area contributed by atoms with Gasteiger partial charge in [-0.2, -0.15) is 0 Å². The Hall–Kier alpha value is -1.95. The molecule has 0 atom stereocenters. The molecule has 1 heterocycles. The van der Waals surface area contributed by atoms with Gasteiger partial charge in [0.15, 0.2) is 0 Å². The first-order valence-corrected chi connectivity index (χ1v) is 5.89. The first kappa shape index (κ1) is 12.5. The molecule has 1 aromatic heterocycles. The van der Waals surface area contributed by atoms with E-state index in [1.165, 1.54) is 0 Å². The molecule has 0 bridgehead atoms. The Balaban J connectivity index is 2.04. The van der Waals surface area contributed by atoms with E-state index in [9.17, 15) is 13.6 Å². The van der Waals surface area contributed by atoms with Gasteiger partial charge in [0.25, 0.3) is 0 Å². The molecule has 94 valence electrons. The second-order valence-electron chi connectivity index (χ2n) is 3.56. The van der Waals surface area contributed by atoms with E-state index < -0.39 is 17.6 Å². The molecular formula is C12H9F2NO2S. The third kappa shape index (κ3) is 2.84. The van der Waals surface area contributed by atoms with Crippen molar-refractivity contribution in [2.75, 3.05) is 5.73 Å². The van der Waals surface area contributed by atoms with Crippen molar-refractivity contribution in [1.82, 2.24) is 0 Å². The van der Waals surface area contributed by atoms with Crippen molar-refractivity contribution in [3.63, 3.8) is 0 Å². The lowest BCUT2D eigenvalue weighted by Gasteiger charge is -2.04. The van der Waals surface area contributed by atoms with Crippen LogP contribution < -0.4 is 5.73 Å². The second-order valence-corrected chi connectivity index (χ2v) is 4.48. The van der Waals surface area contributed by atoms with Crippen LogP contribution in [0.25, 0.3) is 0 Å². The van der Waals surface area contributed by atoms with E-state index in [2.05, 4.69) is 0 Å². The number of esters is 1. The molecule has 18 heavy (non-hydrogen) atoms. The van der Waals surface area contributed by atoms with Gasteiger partial charge >= 0.3 is 5.97 Å². The Labute approximate surface area is 106 Å². The zero-order valence-electron chi connectivity index (χ0n) is 9.15. The quantitative estimate of drug-likeness (QED) is 0.871. The monoisotopic (exact) mass is 269 g/mol. The van der Waals surface area contributed by atoms with Crippen LogP contribution in [0.1, 0.15) is 15.2 Å². The number of anilines is 1. The van der Waals surface area contributed by atoms with E-state index in [1.54, 1.807) is 11.4 Å². The largest absolute Gasteiger partial charge is 0.457 e. The molecule has 3 nitrogen and oxygen atoms in total. The summed E-state index contributed by atoms with van der Waals surface area (Å²) in [5.41, 5.74) is 6.12. The summed E-state index contributed by atoms with van der Waals surface area (Å²) in [5.74, 6) is -2.03. The van der Waals surface area contributed by atoms with Gasteiger partial charge in [-0.1, -0.05) is 0 Å². The predicted molar refractivity (Wildman–Crippen MR) is 64.2 cm³/mol. The first-order valence-electron chi connectivity index (χ1n) is 5.01. The van der Waals surface area contributed by atoms with Crippen LogP contribution in [0.15, 0.2) is 29.6 Å². The third-order valence-corrected chi connectivity index (χ3v) is 3.08. The topological polar surface area (TPSA) is 52.3 Å². The summed E-state index contributed by atoms with van der Waals surface area (Å²) >= 11 is 1.15. The minimum Gasteiger partial charge on any atom is -0.457 e. The Morgan fingerprint density at radius 3 is 2.50 bits per heavy atom. The molecule has 6 heteroatoms. The number of ether oxygens (including phenoxy) is 1. The van der Waals surface area contributed by atoms with E-state index in [0.29, 0.717) is 5.69 Å². The van der Waals surface area contributed by atoms with Gasteiger partial charge in [-0.25, -0.2) is 13.6 Å². The van der Waals surface area contributed by atoms with Gasteiger partial charge in [0.2, 0.25) is 0 Å². The predicted octanol–water partition coefficient (Wildman–Crippen LogP) is 2.97. The molecule has 2 N–H and O–H groups in total. The van der Waals surface area contributed by atoms with Gasteiger partial charge in [0.05, 0.1) is 5.69 Å². The average Bonchev–Trinajstić information content (AvgIpc) is 2.71. The molecule has 0 saturated heterocycles. The fourth-order valence-electron chi connectivity index (χ4n) is 1.39. The van der Waals surface area contributed by atoms with Crippen molar-refractivity contribution in [1.29, 1.82) is 0 Å². The zero-order valence-corrected chi connectivity index (χ0v) is 9.97. The van der Waals surface area contributed by atoms with Crippen molar-refractivity contribution in [2.24, 2.45) is 0 Å². The fraction of sp³-hybridized carbons (Fsp3) is 0.0833. The SMILES string of the molecule is Nc1ccsc1C(=O)OCc1cc(F)cc(F)c1. The van der Waals surface area contributed by atoms with Gasteiger partial charge in [-0.3, -0.25) is 0 Å². The molecule has 0 aliphatic carbocycles. The van der Waals surface area contributed by atoms with Gasteiger partial charge < -0.3 is 10.5 Å². The van der Waals surface area contributed by atoms with E-state index in [-0.39, 0.29) is 17.0 Å². The fourth-order valence-corrected chi connectivity index (χ4v) is 2.10. The van der Waals surface area contributed by atoms with Crippen molar-refractivity contribution in [3.8, 4) is 0 Å². The van der Waals surface area contributed by atoms with Gasteiger partial charge in [0.1, 0.15) is 23.1 Å². The molecule has 0 amide bonds. The number of halogens is 2. The number of nitrogens with two attached hydrogens (primary N) is 1. The van der Waals surface area contributed by atoms with Crippen molar-refractivity contribution < 1.29 is 18.3 Å². The van der Waals surface area contributed by atoms with Crippen LogP contribution >= 0.6 is 11.3 Å². The van der Waals surface area contributed by atoms with Crippen LogP contribution in [0.2, 0.25) is 0 Å². The van der Waals surface area contributed by atoms with E-state index >= 15 is 0 Å². The Kier molecular flexibility index (Phi) is 3.57. The van der Waals surface area contributed by atoms with E-state index in [1.807, 2.05) is 0 Å². The van der Waals surface area contributed by atoms with Crippen LogP contribution in [-0.2, 0) is 11.3 Å². The molecule has 0 fully saturated rings. The van der Waals surface area contributed by atoms with Crippen LogP contribution in [0.5, 0.6) is 0 Å². The summed E-state index contributed by atoms with van der Waals surface area (Å²) in [7, 11) is 0. The summed E-state index contributed by atoms with van der Waals surface area (Å²) in [5, 5.41) is 1.66. The number of benzene rings is 1. The van der Waals surface area contributed by atoms with E-state index in [4.69, 9.17) is 10.5 Å². The standard InChI is InChI=1S/C12H9F2NO2S/c13-8-3-7(4-9(14)5-8)6-17-12(16)11-10(15)1-2-18-11/h1-5H,6,15H2. The molecule has 2 rings (SSSR count). The molecule has 0 aliphatic heterocycles. The van der Waals surface area contributed by atoms with E-state index in [0.717, 1.165) is 29.5 Å². The van der Waals surface area contributed by atoms with Crippen molar-refractivity contribution in [2.45, 2.75) is 6.61 Å². The molecule has 0 saturated carbocycles. The molecular weight excluding hydrogens is 260 g/mol. The zero-order chi connectivity index (χ0) is 13.1. The normalized spacial score (nSPS) is 10.3. The highest BCUT2D eigenvalue weighted by atomic mass is 32.1. The summed E-state index contributed by atoms with van der Waals surface area (Å²) < 4.78 is 30.7. The number of carbonyl (C=O) groups excluding carboxylic acids is 1. The number of thiophene rings is 1. The minimum absolute atomic E-state index is 0.204. The molecule has 0 aliphatic rings. The Morgan fingerprint density at radius 2 is 1.94 bits per heavy atom. The number of carbonyl (C=O) groups is 1. The summed E-state index contributed by atoms with van der Waals surface area (Å²) in [6.07, 6.45) is 0. The summed E-state index contributed by atoms with van der Waals surface area (Å²) in [6.45, 7) is -0.204.